The molecular weight excluding hydrogens is 464 g/mol. The van der Waals surface area contributed by atoms with Gasteiger partial charge in [-0.2, -0.15) is 13.2 Å². The number of hydrogen-bond acceptors (Lipinski definition) is 3. The first-order valence-corrected chi connectivity index (χ1v) is 8.50. The first-order chi connectivity index (χ1) is 11.4. The Kier molecular flexibility index (Phi) is 6.66. The maximum absolute atomic E-state index is 12.5. The normalized spacial score (nSPS) is 14.1. The van der Waals surface area contributed by atoms with Gasteiger partial charge < -0.3 is 11.1 Å². The molecule has 9 heteroatoms. The molecule has 0 saturated carbocycles. The summed E-state index contributed by atoms with van der Waals surface area (Å²) in [4.78, 5) is 7.71. The lowest BCUT2D eigenvalue weighted by molar-refractivity contribution is -0.140. The van der Waals surface area contributed by atoms with Crippen molar-refractivity contribution in [1.82, 2.24) is 4.98 Å². The van der Waals surface area contributed by atoms with Crippen molar-refractivity contribution < 1.29 is 13.2 Å². The van der Waals surface area contributed by atoms with Crippen molar-refractivity contribution in [2.45, 2.75) is 31.9 Å². The number of thiazole rings is 1. The predicted molar refractivity (Wildman–Crippen MR) is 105 cm³/mol. The van der Waals surface area contributed by atoms with E-state index in [1.807, 2.05) is 6.07 Å². The quantitative estimate of drug-likeness (QED) is 0.390. The monoisotopic (exact) mass is 482 g/mol. The molecule has 136 valence electrons. The molecule has 4 nitrogen and oxygen atoms in total. The van der Waals surface area contributed by atoms with Gasteiger partial charge in [0.1, 0.15) is 0 Å². The van der Waals surface area contributed by atoms with Crippen LogP contribution < -0.4 is 11.1 Å². The van der Waals surface area contributed by atoms with Crippen LogP contribution in [0.5, 0.6) is 0 Å². The molecular formula is C16H18F3IN4S. The van der Waals surface area contributed by atoms with Gasteiger partial charge >= 0.3 is 6.18 Å². The number of aryl methyl sites for hydroxylation is 2. The number of hydrogen-bond donors (Lipinski definition) is 2. The van der Waals surface area contributed by atoms with Crippen molar-refractivity contribution in [3.63, 3.8) is 0 Å². The summed E-state index contributed by atoms with van der Waals surface area (Å²) in [6.45, 7) is 0.286. The number of anilines is 1. The molecule has 0 spiro atoms. The van der Waals surface area contributed by atoms with Crippen LogP contribution in [0.3, 0.4) is 0 Å². The van der Waals surface area contributed by atoms with Crippen LogP contribution in [-0.4, -0.2) is 17.5 Å². The van der Waals surface area contributed by atoms with Gasteiger partial charge in [0, 0.05) is 24.0 Å². The van der Waals surface area contributed by atoms with Crippen molar-refractivity contribution >= 4 is 47.0 Å². The molecule has 2 aromatic rings. The molecule has 0 aliphatic heterocycles. The molecule has 0 unspecified atom stereocenters. The van der Waals surface area contributed by atoms with Crippen LogP contribution in [0.2, 0.25) is 0 Å². The van der Waals surface area contributed by atoms with E-state index in [2.05, 4.69) is 27.4 Å². The topological polar surface area (TPSA) is 63.3 Å². The van der Waals surface area contributed by atoms with Gasteiger partial charge in [0.2, 0.25) is 0 Å². The van der Waals surface area contributed by atoms with Crippen molar-refractivity contribution in [1.29, 1.82) is 0 Å². The van der Waals surface area contributed by atoms with Crippen molar-refractivity contribution in [3.05, 3.63) is 45.4 Å². The lowest BCUT2D eigenvalue weighted by atomic mass is 10.1. The molecule has 0 fully saturated rings. The highest BCUT2D eigenvalue weighted by atomic mass is 127. The van der Waals surface area contributed by atoms with Gasteiger partial charge in [-0.1, -0.05) is 6.07 Å². The third-order valence-electron chi connectivity index (χ3n) is 3.82. The van der Waals surface area contributed by atoms with Gasteiger partial charge in [-0.15, -0.1) is 35.3 Å². The molecule has 1 aliphatic carbocycles. The van der Waals surface area contributed by atoms with E-state index in [1.165, 1.54) is 17.5 Å². The number of fused-ring (bicyclic) bond motifs is 1. The number of halogens is 4. The lowest BCUT2D eigenvalue weighted by Gasteiger charge is -2.07. The van der Waals surface area contributed by atoms with E-state index in [9.17, 15) is 13.2 Å². The van der Waals surface area contributed by atoms with E-state index in [1.54, 1.807) is 0 Å². The van der Waals surface area contributed by atoms with E-state index >= 15 is 0 Å². The summed E-state index contributed by atoms with van der Waals surface area (Å²) in [6.07, 6.45) is -0.698. The Morgan fingerprint density at radius 3 is 2.76 bits per heavy atom. The second-order valence-corrected chi connectivity index (χ2v) is 6.55. The number of aliphatic imine (C=N–C) groups is 1. The number of guanidine groups is 1. The van der Waals surface area contributed by atoms with E-state index in [0.717, 1.165) is 35.2 Å². The molecule has 0 saturated heterocycles. The van der Waals surface area contributed by atoms with Crippen LogP contribution in [0.4, 0.5) is 18.9 Å². The average Bonchev–Trinajstić information content (AvgIpc) is 3.14. The summed E-state index contributed by atoms with van der Waals surface area (Å²) in [5, 5.41) is 4.44. The number of nitrogens with two attached hydrogens (primary N) is 1. The standard InChI is InChI=1S/C16H17F3N4S.HI/c17-16(18,19)13-9-24-14(23-13)6-7-21-15(20)22-12-5-4-10-2-1-3-11(10)8-12;/h4-5,8-9H,1-3,6-7H2,(H3,20,21,22);1H. The summed E-state index contributed by atoms with van der Waals surface area (Å²) in [7, 11) is 0. The fourth-order valence-corrected chi connectivity index (χ4v) is 3.46. The Balaban J connectivity index is 0.00000225. The number of nitrogens with one attached hydrogen (secondary N) is 1. The molecule has 1 heterocycles. The van der Waals surface area contributed by atoms with Crippen LogP contribution in [0, 0.1) is 0 Å². The Hall–Kier alpha value is -1.36. The zero-order valence-corrected chi connectivity index (χ0v) is 16.4. The molecule has 1 aromatic carbocycles. The molecule has 1 aromatic heterocycles. The SMILES string of the molecule is I.NC(=NCCc1nc(C(F)(F)F)cs1)Nc1ccc2c(c1)CCC2. The molecule has 25 heavy (non-hydrogen) atoms. The smallest absolute Gasteiger partial charge is 0.370 e. The van der Waals surface area contributed by atoms with Crippen molar-refractivity contribution in [2.75, 3.05) is 11.9 Å². The second kappa shape index (κ2) is 8.35. The average molecular weight is 482 g/mol. The van der Waals surface area contributed by atoms with E-state index in [0.29, 0.717) is 11.4 Å². The van der Waals surface area contributed by atoms with Gasteiger partial charge in [-0.05, 0) is 42.5 Å². The second-order valence-electron chi connectivity index (χ2n) is 5.60. The van der Waals surface area contributed by atoms with Gasteiger partial charge in [-0.3, -0.25) is 4.99 Å². The highest BCUT2D eigenvalue weighted by molar-refractivity contribution is 14.0. The number of nitrogens with zero attached hydrogens (tertiary/aromatic N) is 2. The van der Waals surface area contributed by atoms with Crippen LogP contribution in [0.1, 0.15) is 28.2 Å². The first kappa shape index (κ1) is 20.0. The third kappa shape index (κ3) is 5.30. The summed E-state index contributed by atoms with van der Waals surface area (Å²) >= 11 is 0.984. The summed E-state index contributed by atoms with van der Waals surface area (Å²) in [6, 6.07) is 6.12. The van der Waals surface area contributed by atoms with Crippen molar-refractivity contribution in [2.24, 2.45) is 10.7 Å². The maximum atomic E-state index is 12.5. The van der Waals surface area contributed by atoms with E-state index in [4.69, 9.17) is 5.73 Å². The first-order valence-electron chi connectivity index (χ1n) is 7.62. The maximum Gasteiger partial charge on any atom is 0.434 e. The Bertz CT molecular complexity index is 758. The van der Waals surface area contributed by atoms with E-state index in [-0.39, 0.29) is 36.5 Å². The van der Waals surface area contributed by atoms with Crippen LogP contribution in [-0.2, 0) is 25.4 Å². The fraction of sp³-hybridized carbons (Fsp3) is 0.375. The number of alkyl halides is 3. The minimum Gasteiger partial charge on any atom is -0.370 e. The number of aromatic nitrogens is 1. The van der Waals surface area contributed by atoms with Gasteiger partial charge in [0.15, 0.2) is 11.7 Å². The van der Waals surface area contributed by atoms with Crippen molar-refractivity contribution in [3.8, 4) is 0 Å². The zero-order valence-electron chi connectivity index (χ0n) is 13.3. The van der Waals surface area contributed by atoms with E-state index < -0.39 is 11.9 Å². The van der Waals surface area contributed by atoms with Crippen LogP contribution in [0.25, 0.3) is 0 Å². The minimum absolute atomic E-state index is 0. The highest BCUT2D eigenvalue weighted by Gasteiger charge is 2.33. The molecule has 0 bridgehead atoms. The summed E-state index contributed by atoms with van der Waals surface area (Å²) in [5.41, 5.74) is 8.56. The summed E-state index contributed by atoms with van der Waals surface area (Å²) in [5.74, 6) is 0.251. The Morgan fingerprint density at radius 1 is 1.28 bits per heavy atom. The highest BCUT2D eigenvalue weighted by Crippen LogP contribution is 2.30. The molecule has 3 rings (SSSR count). The molecule has 3 N–H and O–H groups in total. The molecule has 1 aliphatic rings. The Labute approximate surface area is 164 Å². The number of rotatable bonds is 4. The minimum atomic E-state index is -4.40. The van der Waals surface area contributed by atoms with Crippen LogP contribution in [0.15, 0.2) is 28.6 Å². The largest absolute Gasteiger partial charge is 0.434 e. The van der Waals surface area contributed by atoms with Gasteiger partial charge in [0.25, 0.3) is 0 Å². The van der Waals surface area contributed by atoms with Crippen LogP contribution >= 0.6 is 35.3 Å². The molecule has 0 atom stereocenters. The van der Waals surface area contributed by atoms with Gasteiger partial charge in [-0.25, -0.2) is 4.98 Å². The van der Waals surface area contributed by atoms with Gasteiger partial charge in [0.05, 0.1) is 5.01 Å². The number of benzene rings is 1. The third-order valence-corrected chi connectivity index (χ3v) is 4.73. The summed E-state index contributed by atoms with van der Waals surface area (Å²) < 4.78 is 37.4. The lowest BCUT2D eigenvalue weighted by Crippen LogP contribution is -2.23. The molecule has 0 radical (unpaired) electrons. The predicted octanol–water partition coefficient (Wildman–Crippen LogP) is 4.24. The zero-order chi connectivity index (χ0) is 17.2. The molecule has 0 amide bonds. The Morgan fingerprint density at radius 2 is 2.04 bits per heavy atom. The fourth-order valence-electron chi connectivity index (χ4n) is 2.66.